The van der Waals surface area contributed by atoms with E-state index in [1.54, 1.807) is 25.4 Å². The molecule has 4 heterocycles. The summed E-state index contributed by atoms with van der Waals surface area (Å²) in [5.41, 5.74) is 2.00. The second kappa shape index (κ2) is 8.46. The third kappa shape index (κ3) is 3.85. The van der Waals surface area contributed by atoms with E-state index >= 15 is 0 Å². The van der Waals surface area contributed by atoms with Crippen LogP contribution in [-0.2, 0) is 14.2 Å². The van der Waals surface area contributed by atoms with Gasteiger partial charge in [-0.2, -0.15) is 10.4 Å². The third-order valence-electron chi connectivity index (χ3n) is 4.22. The van der Waals surface area contributed by atoms with Crippen molar-refractivity contribution in [2.24, 2.45) is 0 Å². The summed E-state index contributed by atoms with van der Waals surface area (Å²) in [6, 6.07) is 5.34. The molecular weight excluding hydrogens is 390 g/mol. The predicted molar refractivity (Wildman–Crippen MR) is 104 cm³/mol. The van der Waals surface area contributed by atoms with Crippen molar-refractivity contribution in [2.45, 2.75) is 6.29 Å². The van der Waals surface area contributed by atoms with Gasteiger partial charge in [-0.15, -0.1) is 0 Å². The lowest BCUT2D eigenvalue weighted by Gasteiger charge is -2.11. The number of ether oxygens (including phenoxy) is 3. The number of anilines is 2. The Morgan fingerprint density at radius 3 is 2.97 bits per heavy atom. The van der Waals surface area contributed by atoms with Gasteiger partial charge in [0.2, 0.25) is 0 Å². The van der Waals surface area contributed by atoms with Gasteiger partial charge in [0.25, 0.3) is 12.2 Å². The quantitative estimate of drug-likeness (QED) is 0.562. The molecule has 1 aliphatic rings. The molecule has 1 aliphatic heterocycles. The van der Waals surface area contributed by atoms with Crippen LogP contribution in [0.25, 0.3) is 5.65 Å². The molecule has 0 aliphatic carbocycles. The van der Waals surface area contributed by atoms with Gasteiger partial charge in [-0.1, -0.05) is 0 Å². The molecule has 152 valence electrons. The number of carbonyl (C=O) groups is 1. The number of nitrogens with one attached hydrogen (secondary N) is 2. The average molecular weight is 407 g/mol. The Kier molecular flexibility index (Phi) is 5.40. The zero-order valence-electron chi connectivity index (χ0n) is 15.9. The average Bonchev–Trinajstić information content (AvgIpc) is 3.44. The molecule has 11 nitrogen and oxygen atoms in total. The number of nitriles is 1. The smallest absolute Gasteiger partial charge is 0.283 e. The Morgan fingerprint density at radius 1 is 1.37 bits per heavy atom. The Bertz CT molecular complexity index is 1140. The molecule has 0 saturated carbocycles. The van der Waals surface area contributed by atoms with E-state index in [0.29, 0.717) is 35.7 Å². The Labute approximate surface area is 170 Å². The second-order valence-corrected chi connectivity index (χ2v) is 6.16. The fourth-order valence-corrected chi connectivity index (χ4v) is 2.78. The number of rotatable bonds is 7. The standard InChI is InChI=1S/C19H17N7O4/c1-28-5-3-21-15-8-16(22-10-12(15)9-20)25-18(27)13-11-23-26-4-2-14(24-17(13)26)19-29-6-7-30-19/h2,4,6-8,10-11,19H,3,5H2,1H3,(H2,21,22,25,27). The first-order chi connectivity index (χ1) is 14.7. The number of fused-ring (bicyclic) bond motifs is 1. The molecule has 11 heteroatoms. The lowest BCUT2D eigenvalue weighted by atomic mass is 10.2. The topological polar surface area (TPSA) is 136 Å². The Morgan fingerprint density at radius 2 is 2.20 bits per heavy atom. The molecule has 0 unspecified atom stereocenters. The maximum atomic E-state index is 12.8. The van der Waals surface area contributed by atoms with E-state index in [2.05, 4.69) is 31.8 Å². The van der Waals surface area contributed by atoms with Crippen molar-refractivity contribution in [2.75, 3.05) is 30.9 Å². The van der Waals surface area contributed by atoms with Gasteiger partial charge in [0, 0.05) is 32.1 Å². The molecule has 2 N–H and O–H groups in total. The lowest BCUT2D eigenvalue weighted by molar-refractivity contribution is -0.0278. The molecule has 3 aromatic rings. The van der Waals surface area contributed by atoms with Crippen molar-refractivity contribution in [3.63, 3.8) is 0 Å². The summed E-state index contributed by atoms with van der Waals surface area (Å²) in [6.45, 7) is 0.971. The van der Waals surface area contributed by atoms with Gasteiger partial charge in [-0.3, -0.25) is 4.79 Å². The predicted octanol–water partition coefficient (Wildman–Crippen LogP) is 1.82. The van der Waals surface area contributed by atoms with Gasteiger partial charge in [0.1, 0.15) is 35.7 Å². The summed E-state index contributed by atoms with van der Waals surface area (Å²) >= 11 is 0. The number of aromatic nitrogens is 4. The highest BCUT2D eigenvalue weighted by atomic mass is 16.7. The number of methoxy groups -OCH3 is 1. The van der Waals surface area contributed by atoms with Crippen molar-refractivity contribution in [1.82, 2.24) is 19.6 Å². The van der Waals surface area contributed by atoms with Crippen LogP contribution in [0.2, 0.25) is 0 Å². The summed E-state index contributed by atoms with van der Waals surface area (Å²) in [6.07, 6.45) is 6.65. The van der Waals surface area contributed by atoms with Crippen molar-refractivity contribution in [3.8, 4) is 6.07 Å². The maximum absolute atomic E-state index is 12.8. The van der Waals surface area contributed by atoms with Crippen LogP contribution in [0.15, 0.2) is 43.2 Å². The van der Waals surface area contributed by atoms with Crippen LogP contribution in [0.4, 0.5) is 11.5 Å². The van der Waals surface area contributed by atoms with Crippen LogP contribution < -0.4 is 10.6 Å². The summed E-state index contributed by atoms with van der Waals surface area (Å²) in [7, 11) is 1.59. The minimum Gasteiger partial charge on any atom is -0.454 e. The number of hydrogen-bond acceptors (Lipinski definition) is 9. The first-order valence-corrected chi connectivity index (χ1v) is 8.94. The molecular formula is C19H17N7O4. The van der Waals surface area contributed by atoms with Crippen LogP contribution in [0.3, 0.4) is 0 Å². The van der Waals surface area contributed by atoms with Crippen molar-refractivity contribution in [1.29, 1.82) is 5.26 Å². The van der Waals surface area contributed by atoms with E-state index in [-0.39, 0.29) is 11.4 Å². The lowest BCUT2D eigenvalue weighted by Crippen LogP contribution is -2.15. The maximum Gasteiger partial charge on any atom is 0.283 e. The minimum atomic E-state index is -0.665. The number of amides is 1. The summed E-state index contributed by atoms with van der Waals surface area (Å²) in [5, 5.41) is 19.2. The number of carbonyl (C=O) groups excluding carboxylic acids is 1. The first kappa shape index (κ1) is 19.2. The number of hydrogen-bond donors (Lipinski definition) is 2. The van der Waals surface area contributed by atoms with Gasteiger partial charge < -0.3 is 24.8 Å². The minimum absolute atomic E-state index is 0.253. The summed E-state index contributed by atoms with van der Waals surface area (Å²) in [5.74, 6) is -0.165. The van der Waals surface area contributed by atoms with Crippen LogP contribution in [-0.4, -0.2) is 45.8 Å². The van der Waals surface area contributed by atoms with E-state index < -0.39 is 12.2 Å². The van der Waals surface area contributed by atoms with Crippen molar-refractivity contribution < 1.29 is 19.0 Å². The Balaban J connectivity index is 1.56. The molecule has 0 fully saturated rings. The van der Waals surface area contributed by atoms with Crippen molar-refractivity contribution in [3.05, 3.63) is 60.1 Å². The highest BCUT2D eigenvalue weighted by molar-refractivity contribution is 6.07. The fourth-order valence-electron chi connectivity index (χ4n) is 2.78. The van der Waals surface area contributed by atoms with E-state index in [0.717, 1.165) is 0 Å². The summed E-state index contributed by atoms with van der Waals surface area (Å²) < 4.78 is 17.1. The second-order valence-electron chi connectivity index (χ2n) is 6.16. The number of nitrogens with zero attached hydrogens (tertiary/aromatic N) is 5. The molecule has 0 aromatic carbocycles. The van der Waals surface area contributed by atoms with Crippen LogP contribution in [0.1, 0.15) is 27.9 Å². The van der Waals surface area contributed by atoms with Crippen LogP contribution >= 0.6 is 0 Å². The van der Waals surface area contributed by atoms with E-state index in [9.17, 15) is 10.1 Å². The first-order valence-electron chi connectivity index (χ1n) is 8.94. The molecule has 0 saturated heterocycles. The summed E-state index contributed by atoms with van der Waals surface area (Å²) in [4.78, 5) is 21.4. The molecule has 0 bridgehead atoms. The van der Waals surface area contributed by atoms with Crippen LogP contribution in [0, 0.1) is 11.3 Å². The highest BCUT2D eigenvalue weighted by Gasteiger charge is 2.21. The normalized spacial score (nSPS) is 12.9. The van der Waals surface area contributed by atoms with Gasteiger partial charge in [-0.25, -0.2) is 14.5 Å². The highest BCUT2D eigenvalue weighted by Crippen LogP contribution is 2.24. The van der Waals surface area contributed by atoms with Crippen molar-refractivity contribution >= 4 is 23.1 Å². The SMILES string of the molecule is COCCNc1cc(NC(=O)c2cnn3ccc(C4OC=CO4)nc23)ncc1C#N. The van der Waals surface area contributed by atoms with Gasteiger partial charge in [-0.05, 0) is 6.07 Å². The monoisotopic (exact) mass is 407 g/mol. The molecule has 0 spiro atoms. The van der Waals surface area contributed by atoms with Gasteiger partial charge >= 0.3 is 0 Å². The van der Waals surface area contributed by atoms with E-state index in [1.807, 2.05) is 0 Å². The third-order valence-corrected chi connectivity index (χ3v) is 4.22. The number of pyridine rings is 1. The molecule has 30 heavy (non-hydrogen) atoms. The molecule has 3 aromatic heterocycles. The fraction of sp³-hybridized carbons (Fsp3) is 0.211. The van der Waals surface area contributed by atoms with Crippen LogP contribution in [0.5, 0.6) is 0 Å². The molecule has 1 amide bonds. The van der Waals surface area contributed by atoms with Gasteiger partial charge in [0.05, 0.1) is 24.1 Å². The molecule has 4 rings (SSSR count). The zero-order valence-corrected chi connectivity index (χ0v) is 15.9. The Hall–Kier alpha value is -4.17. The van der Waals surface area contributed by atoms with Gasteiger partial charge in [0.15, 0.2) is 5.65 Å². The molecule has 0 radical (unpaired) electrons. The van der Waals surface area contributed by atoms with E-state index in [1.165, 1.54) is 29.4 Å². The zero-order chi connectivity index (χ0) is 20.9. The largest absolute Gasteiger partial charge is 0.454 e. The van der Waals surface area contributed by atoms with E-state index in [4.69, 9.17) is 14.2 Å². The molecule has 0 atom stereocenters.